The molecule has 2 rings (SSSR count). The van der Waals surface area contributed by atoms with Crippen LogP contribution >= 0.6 is 0 Å². The summed E-state index contributed by atoms with van der Waals surface area (Å²) in [5.41, 5.74) is -0.617. The number of carbonyl (C=O) groups is 1. The van der Waals surface area contributed by atoms with Crippen molar-refractivity contribution in [2.24, 2.45) is 5.92 Å². The van der Waals surface area contributed by atoms with Crippen molar-refractivity contribution in [3.8, 4) is 0 Å². The van der Waals surface area contributed by atoms with Crippen LogP contribution in [0.15, 0.2) is 0 Å². The Hall–Kier alpha value is -0.610. The van der Waals surface area contributed by atoms with E-state index in [1.54, 1.807) is 4.90 Å². The number of carbonyl (C=O) groups excluding carboxylic acids is 1. The second-order valence-electron chi connectivity index (χ2n) is 5.32. The van der Waals surface area contributed by atoms with Crippen molar-refractivity contribution in [1.29, 1.82) is 0 Å². The Morgan fingerprint density at radius 3 is 2.81 bits per heavy atom. The van der Waals surface area contributed by atoms with Gasteiger partial charge in [-0.1, -0.05) is 13.8 Å². The van der Waals surface area contributed by atoms with Gasteiger partial charge < -0.3 is 15.3 Å². The van der Waals surface area contributed by atoms with E-state index in [0.717, 1.165) is 25.8 Å². The average Bonchev–Trinajstić information content (AvgIpc) is 2.24. The van der Waals surface area contributed by atoms with Crippen LogP contribution in [0.2, 0.25) is 0 Å². The van der Waals surface area contributed by atoms with Crippen LogP contribution in [0.3, 0.4) is 0 Å². The molecule has 4 heteroatoms. The van der Waals surface area contributed by atoms with Crippen molar-refractivity contribution in [2.75, 3.05) is 19.6 Å². The number of nitrogens with one attached hydrogen (secondary N) is 1. The van der Waals surface area contributed by atoms with Gasteiger partial charge in [0.05, 0.1) is 24.7 Å². The van der Waals surface area contributed by atoms with Gasteiger partial charge in [0.1, 0.15) is 0 Å². The van der Waals surface area contributed by atoms with Gasteiger partial charge in [-0.2, -0.15) is 0 Å². The van der Waals surface area contributed by atoms with Gasteiger partial charge in [0, 0.05) is 0 Å². The van der Waals surface area contributed by atoms with Crippen LogP contribution in [0.5, 0.6) is 0 Å². The Balaban J connectivity index is 1.89. The fourth-order valence-electron chi connectivity index (χ4n) is 2.62. The minimum Gasteiger partial charge on any atom is -0.386 e. The minimum absolute atomic E-state index is 0.0323. The lowest BCUT2D eigenvalue weighted by molar-refractivity contribution is -0.159. The maximum atomic E-state index is 12.1. The third-order valence-electron chi connectivity index (χ3n) is 3.98. The monoisotopic (exact) mass is 226 g/mol. The molecule has 0 bridgehead atoms. The highest BCUT2D eigenvalue weighted by Gasteiger charge is 2.44. The molecule has 0 aliphatic carbocycles. The molecule has 2 aliphatic rings. The Kier molecular flexibility index (Phi) is 3.22. The van der Waals surface area contributed by atoms with Gasteiger partial charge in [-0.05, 0) is 31.7 Å². The van der Waals surface area contributed by atoms with Crippen LogP contribution in [0.1, 0.15) is 33.1 Å². The molecule has 92 valence electrons. The van der Waals surface area contributed by atoms with Gasteiger partial charge in [0.15, 0.2) is 0 Å². The van der Waals surface area contributed by atoms with E-state index < -0.39 is 5.60 Å². The summed E-state index contributed by atoms with van der Waals surface area (Å²) in [6.07, 6.45) is 3.00. The number of aliphatic hydroxyl groups is 1. The van der Waals surface area contributed by atoms with Crippen molar-refractivity contribution in [3.05, 3.63) is 0 Å². The first-order valence-electron chi connectivity index (χ1n) is 6.30. The highest BCUT2D eigenvalue weighted by Crippen LogP contribution is 2.27. The smallest absolute Gasteiger partial charge is 0.240 e. The normalized spacial score (nSPS) is 33.3. The molecule has 16 heavy (non-hydrogen) atoms. The summed E-state index contributed by atoms with van der Waals surface area (Å²) in [4.78, 5) is 13.9. The van der Waals surface area contributed by atoms with Crippen molar-refractivity contribution >= 4 is 5.91 Å². The lowest BCUT2D eigenvalue weighted by atomic mass is 9.87. The largest absolute Gasteiger partial charge is 0.386 e. The van der Waals surface area contributed by atoms with E-state index >= 15 is 0 Å². The topological polar surface area (TPSA) is 52.6 Å². The molecule has 2 heterocycles. The third-order valence-corrected chi connectivity index (χ3v) is 3.98. The molecule has 1 amide bonds. The van der Waals surface area contributed by atoms with E-state index in [1.807, 2.05) is 6.92 Å². The summed E-state index contributed by atoms with van der Waals surface area (Å²) in [5, 5.41) is 13.2. The van der Waals surface area contributed by atoms with Crippen molar-refractivity contribution in [1.82, 2.24) is 10.2 Å². The summed E-state index contributed by atoms with van der Waals surface area (Å²) in [5.74, 6) is 0.585. The third kappa shape index (κ3) is 2.09. The number of rotatable bonds is 2. The highest BCUT2D eigenvalue weighted by molar-refractivity contribution is 5.83. The number of β-amino-alcohol motifs (C(OH)–C–C–N with tert-alkyl or cyclic N) is 1. The van der Waals surface area contributed by atoms with Crippen molar-refractivity contribution < 1.29 is 9.90 Å². The second-order valence-corrected chi connectivity index (χ2v) is 5.32. The molecule has 2 fully saturated rings. The SMILES string of the molecule is CCC1(O)CN(C(=O)C2NCCCC2C)C1. The van der Waals surface area contributed by atoms with Crippen LogP contribution in [0, 0.1) is 5.92 Å². The Bertz CT molecular complexity index is 274. The quantitative estimate of drug-likeness (QED) is 0.715. The van der Waals surface area contributed by atoms with Gasteiger partial charge in [-0.25, -0.2) is 0 Å². The van der Waals surface area contributed by atoms with E-state index in [1.165, 1.54) is 0 Å². The van der Waals surface area contributed by atoms with E-state index in [9.17, 15) is 9.90 Å². The van der Waals surface area contributed by atoms with Crippen LogP contribution in [-0.4, -0.2) is 47.2 Å². The lowest BCUT2D eigenvalue weighted by Crippen LogP contribution is -2.67. The lowest BCUT2D eigenvalue weighted by Gasteiger charge is -2.48. The minimum atomic E-state index is -0.617. The molecule has 0 saturated carbocycles. The number of hydrogen-bond donors (Lipinski definition) is 2. The first-order valence-corrected chi connectivity index (χ1v) is 6.30. The molecule has 0 radical (unpaired) electrons. The Morgan fingerprint density at radius 2 is 2.25 bits per heavy atom. The number of hydrogen-bond acceptors (Lipinski definition) is 3. The Labute approximate surface area is 97.0 Å². The zero-order chi connectivity index (χ0) is 11.8. The van der Waals surface area contributed by atoms with E-state index in [-0.39, 0.29) is 11.9 Å². The molecule has 2 N–H and O–H groups in total. The second kappa shape index (κ2) is 4.34. The maximum Gasteiger partial charge on any atom is 0.240 e. The maximum absolute atomic E-state index is 12.1. The predicted molar refractivity (Wildman–Crippen MR) is 62.0 cm³/mol. The van der Waals surface area contributed by atoms with Crippen LogP contribution < -0.4 is 5.32 Å². The summed E-state index contributed by atoms with van der Waals surface area (Å²) in [6.45, 7) is 6.04. The summed E-state index contributed by atoms with van der Waals surface area (Å²) in [6, 6.07) is -0.0323. The average molecular weight is 226 g/mol. The molecule has 0 aromatic rings. The zero-order valence-corrected chi connectivity index (χ0v) is 10.2. The van der Waals surface area contributed by atoms with Crippen LogP contribution in [0.25, 0.3) is 0 Å². The molecule has 0 aromatic carbocycles. The van der Waals surface area contributed by atoms with Gasteiger partial charge in [0.2, 0.25) is 5.91 Å². The number of amides is 1. The Morgan fingerprint density at radius 1 is 1.56 bits per heavy atom. The zero-order valence-electron chi connectivity index (χ0n) is 10.2. The molecule has 2 atom stereocenters. The van der Waals surface area contributed by atoms with Crippen molar-refractivity contribution in [3.63, 3.8) is 0 Å². The van der Waals surface area contributed by atoms with Gasteiger partial charge in [0.25, 0.3) is 0 Å². The molecule has 2 aliphatic heterocycles. The van der Waals surface area contributed by atoms with Crippen LogP contribution in [-0.2, 0) is 4.79 Å². The summed E-state index contributed by atoms with van der Waals surface area (Å²) in [7, 11) is 0. The molecular formula is C12H22N2O2. The first kappa shape index (κ1) is 11.9. The molecule has 0 spiro atoms. The molecular weight excluding hydrogens is 204 g/mol. The number of likely N-dealkylation sites (tertiary alicyclic amines) is 1. The fraction of sp³-hybridized carbons (Fsp3) is 0.917. The number of piperidine rings is 1. The summed E-state index contributed by atoms with van der Waals surface area (Å²) >= 11 is 0. The predicted octanol–water partition coefficient (Wildman–Crippen LogP) is 0.358. The van der Waals surface area contributed by atoms with Gasteiger partial charge >= 0.3 is 0 Å². The van der Waals surface area contributed by atoms with Crippen molar-refractivity contribution in [2.45, 2.75) is 44.8 Å². The standard InChI is InChI=1S/C12H22N2O2/c1-3-12(16)7-14(8-12)11(15)10-9(2)5-4-6-13-10/h9-10,13,16H,3-8H2,1-2H3. The van der Waals surface area contributed by atoms with E-state index in [4.69, 9.17) is 0 Å². The highest BCUT2D eigenvalue weighted by atomic mass is 16.3. The van der Waals surface area contributed by atoms with Crippen LogP contribution in [0.4, 0.5) is 0 Å². The fourth-order valence-corrected chi connectivity index (χ4v) is 2.62. The van der Waals surface area contributed by atoms with Gasteiger partial charge in [-0.3, -0.25) is 4.79 Å². The first-order chi connectivity index (χ1) is 7.56. The molecule has 0 aromatic heterocycles. The molecule has 4 nitrogen and oxygen atoms in total. The molecule has 2 saturated heterocycles. The molecule has 2 unspecified atom stereocenters. The van der Waals surface area contributed by atoms with E-state index in [0.29, 0.717) is 19.0 Å². The van der Waals surface area contributed by atoms with E-state index in [2.05, 4.69) is 12.2 Å². The van der Waals surface area contributed by atoms with Gasteiger partial charge in [-0.15, -0.1) is 0 Å². The summed E-state index contributed by atoms with van der Waals surface area (Å²) < 4.78 is 0. The number of nitrogens with zero attached hydrogens (tertiary/aromatic N) is 1.